The van der Waals surface area contributed by atoms with Gasteiger partial charge in [0.25, 0.3) is 0 Å². The third kappa shape index (κ3) is 5.04. The van der Waals surface area contributed by atoms with E-state index in [1.54, 1.807) is 30.3 Å². The Bertz CT molecular complexity index is 719. The minimum absolute atomic E-state index is 0.0859. The molecule has 1 aliphatic carbocycles. The maximum atomic E-state index is 12.7. The molecule has 1 aromatic carbocycles. The molecule has 0 amide bonds. The molecule has 7 heteroatoms. The highest BCUT2D eigenvalue weighted by Gasteiger charge is 2.45. The van der Waals surface area contributed by atoms with Crippen molar-refractivity contribution in [2.75, 3.05) is 12.4 Å². The summed E-state index contributed by atoms with van der Waals surface area (Å²) in [5.41, 5.74) is 0.735. The van der Waals surface area contributed by atoms with E-state index in [0.717, 1.165) is 18.4 Å². The van der Waals surface area contributed by atoms with Crippen LogP contribution in [0.1, 0.15) is 32.3 Å². The van der Waals surface area contributed by atoms with Gasteiger partial charge in [-0.15, -0.1) is 0 Å². The fourth-order valence-corrected chi connectivity index (χ4v) is 3.89. The summed E-state index contributed by atoms with van der Waals surface area (Å²) in [6.45, 7) is 2.78. The molecule has 1 atom stereocenters. The topological polar surface area (TPSA) is 97.7 Å². The molecule has 2 rings (SSSR count). The van der Waals surface area contributed by atoms with E-state index < -0.39 is 38.2 Å². The number of esters is 1. The van der Waals surface area contributed by atoms with Gasteiger partial charge in [-0.05, 0) is 44.6 Å². The van der Waals surface area contributed by atoms with Crippen LogP contribution in [-0.4, -0.2) is 42.6 Å². The molecule has 0 bridgehead atoms. The van der Waals surface area contributed by atoms with Crippen LogP contribution in [0.4, 0.5) is 0 Å². The Morgan fingerprint density at radius 2 is 1.84 bits per heavy atom. The predicted octanol–water partition coefficient (Wildman–Crippen LogP) is 2.08. The second-order valence-electron chi connectivity index (χ2n) is 7.06. The minimum atomic E-state index is -4.01. The fourth-order valence-electron chi connectivity index (χ4n) is 2.37. The highest BCUT2D eigenvalue weighted by atomic mass is 32.2. The van der Waals surface area contributed by atoms with E-state index in [9.17, 15) is 23.1 Å². The van der Waals surface area contributed by atoms with E-state index in [0.29, 0.717) is 5.92 Å². The second-order valence-corrected chi connectivity index (χ2v) is 9.64. The maximum absolute atomic E-state index is 12.7. The van der Waals surface area contributed by atoms with Gasteiger partial charge in [0, 0.05) is 0 Å². The summed E-state index contributed by atoms with van der Waals surface area (Å²) in [5, 5.41) is 9.41. The number of rotatable bonds is 9. The van der Waals surface area contributed by atoms with E-state index in [1.165, 1.54) is 13.8 Å². The monoisotopic (exact) mass is 368 g/mol. The molecule has 0 spiro atoms. The molecule has 1 N–H and O–H groups in total. The molecule has 0 saturated heterocycles. The zero-order valence-electron chi connectivity index (χ0n) is 14.5. The zero-order valence-corrected chi connectivity index (χ0v) is 15.3. The van der Waals surface area contributed by atoms with Crippen LogP contribution < -0.4 is 0 Å². The smallest absolute Gasteiger partial charge is 0.326 e. The number of aliphatic carboxylic acids is 1. The van der Waals surface area contributed by atoms with Crippen LogP contribution >= 0.6 is 0 Å². The lowest BCUT2D eigenvalue weighted by atomic mass is 10.0. The quantitative estimate of drug-likeness (QED) is 0.670. The summed E-state index contributed by atoms with van der Waals surface area (Å²) in [5.74, 6) is -3.42. The Morgan fingerprint density at radius 3 is 2.36 bits per heavy atom. The van der Waals surface area contributed by atoms with E-state index in [-0.39, 0.29) is 13.0 Å². The Labute approximate surface area is 148 Å². The van der Waals surface area contributed by atoms with Crippen LogP contribution in [0.3, 0.4) is 0 Å². The van der Waals surface area contributed by atoms with Crippen molar-refractivity contribution in [1.29, 1.82) is 0 Å². The predicted molar refractivity (Wildman–Crippen MR) is 92.8 cm³/mol. The molecule has 1 aromatic rings. The summed E-state index contributed by atoms with van der Waals surface area (Å²) in [6, 6.07) is 8.83. The molecule has 1 fully saturated rings. The van der Waals surface area contributed by atoms with Gasteiger partial charge in [0.1, 0.15) is 0 Å². The van der Waals surface area contributed by atoms with Crippen LogP contribution in [0.5, 0.6) is 0 Å². The summed E-state index contributed by atoms with van der Waals surface area (Å²) >= 11 is 0. The van der Waals surface area contributed by atoms with Crippen LogP contribution in [0.15, 0.2) is 30.3 Å². The molecule has 1 aliphatic rings. The molecule has 138 valence electrons. The van der Waals surface area contributed by atoms with Gasteiger partial charge < -0.3 is 9.84 Å². The van der Waals surface area contributed by atoms with Crippen molar-refractivity contribution in [3.8, 4) is 0 Å². The first-order valence-corrected chi connectivity index (χ1v) is 9.95. The van der Waals surface area contributed by atoms with Crippen LogP contribution in [0, 0.1) is 11.8 Å². The maximum Gasteiger partial charge on any atom is 0.326 e. The highest BCUT2D eigenvalue weighted by Crippen LogP contribution is 2.30. The highest BCUT2D eigenvalue weighted by molar-refractivity contribution is 7.93. The lowest BCUT2D eigenvalue weighted by Crippen LogP contribution is -2.45. The normalized spacial score (nSPS) is 16.2. The summed E-state index contributed by atoms with van der Waals surface area (Å²) in [4.78, 5) is 23.7. The Kier molecular flexibility index (Phi) is 5.87. The zero-order chi connectivity index (χ0) is 18.7. The molecule has 0 heterocycles. The Morgan fingerprint density at radius 1 is 1.24 bits per heavy atom. The SMILES string of the molecule is CC(C)(C(=O)OCC1CC1)S(=O)(=O)CC(Cc1ccccc1)C(=O)O. The van der Waals surface area contributed by atoms with E-state index in [4.69, 9.17) is 4.74 Å². The first-order valence-electron chi connectivity index (χ1n) is 8.29. The number of carbonyl (C=O) groups is 2. The van der Waals surface area contributed by atoms with Crippen molar-refractivity contribution in [3.05, 3.63) is 35.9 Å². The van der Waals surface area contributed by atoms with E-state index in [1.807, 2.05) is 0 Å². The third-order valence-corrected chi connectivity index (χ3v) is 7.07. The molecule has 0 aromatic heterocycles. The van der Waals surface area contributed by atoms with Crippen molar-refractivity contribution < 1.29 is 27.9 Å². The largest absolute Gasteiger partial charge is 0.481 e. The fraction of sp³-hybridized carbons (Fsp3) is 0.556. The van der Waals surface area contributed by atoms with Crippen molar-refractivity contribution >= 4 is 21.8 Å². The Balaban J connectivity index is 2.09. The Hall–Kier alpha value is -1.89. The molecule has 0 radical (unpaired) electrons. The second kappa shape index (κ2) is 7.56. The van der Waals surface area contributed by atoms with E-state index >= 15 is 0 Å². The van der Waals surface area contributed by atoms with Crippen molar-refractivity contribution in [3.63, 3.8) is 0 Å². The van der Waals surface area contributed by atoms with Crippen LogP contribution in [0.2, 0.25) is 0 Å². The third-order valence-electron chi connectivity index (χ3n) is 4.51. The molecule has 1 unspecified atom stereocenters. The molecule has 25 heavy (non-hydrogen) atoms. The molecule has 0 aliphatic heterocycles. The van der Waals surface area contributed by atoms with Crippen molar-refractivity contribution in [1.82, 2.24) is 0 Å². The van der Waals surface area contributed by atoms with Crippen molar-refractivity contribution in [2.24, 2.45) is 11.8 Å². The van der Waals surface area contributed by atoms with E-state index in [2.05, 4.69) is 0 Å². The number of hydrogen-bond acceptors (Lipinski definition) is 5. The minimum Gasteiger partial charge on any atom is -0.481 e. The van der Waals surface area contributed by atoms with Crippen LogP contribution in [-0.2, 0) is 30.6 Å². The summed E-state index contributed by atoms with van der Waals surface area (Å²) in [6.07, 6.45) is 2.06. The van der Waals surface area contributed by atoms with Gasteiger partial charge in [-0.2, -0.15) is 0 Å². The standard InChI is InChI=1S/C18H24O6S/c1-18(2,17(21)24-11-14-8-9-14)25(22,23)12-15(16(19)20)10-13-6-4-3-5-7-13/h3-7,14-15H,8-12H2,1-2H3,(H,19,20). The number of benzene rings is 1. The number of ether oxygens (including phenoxy) is 1. The number of hydrogen-bond donors (Lipinski definition) is 1. The summed E-state index contributed by atoms with van der Waals surface area (Å²) in [7, 11) is -4.01. The van der Waals surface area contributed by atoms with Gasteiger partial charge in [0.05, 0.1) is 18.3 Å². The van der Waals surface area contributed by atoms with Gasteiger partial charge in [0.2, 0.25) is 0 Å². The number of carboxylic acids is 1. The average Bonchev–Trinajstić information content (AvgIpc) is 3.36. The molecule has 6 nitrogen and oxygen atoms in total. The van der Waals surface area contributed by atoms with Gasteiger partial charge in [-0.25, -0.2) is 8.42 Å². The lowest BCUT2D eigenvalue weighted by Gasteiger charge is -2.24. The van der Waals surface area contributed by atoms with Crippen molar-refractivity contribution in [2.45, 2.75) is 37.9 Å². The van der Waals surface area contributed by atoms with Gasteiger partial charge in [0.15, 0.2) is 14.6 Å². The number of sulfone groups is 1. The average molecular weight is 368 g/mol. The lowest BCUT2D eigenvalue weighted by molar-refractivity contribution is -0.146. The number of carbonyl (C=O) groups excluding carboxylic acids is 1. The summed E-state index contributed by atoms with van der Waals surface area (Å²) < 4.78 is 28.7. The van der Waals surface area contributed by atoms with Gasteiger partial charge in [-0.3, -0.25) is 9.59 Å². The van der Waals surface area contributed by atoms with Crippen LogP contribution in [0.25, 0.3) is 0 Å². The number of carboxylic acid groups (broad SMARTS) is 1. The molecule has 1 saturated carbocycles. The van der Waals surface area contributed by atoms with Gasteiger partial charge >= 0.3 is 11.9 Å². The first kappa shape index (κ1) is 19.4. The molecular weight excluding hydrogens is 344 g/mol. The van der Waals surface area contributed by atoms with Gasteiger partial charge in [-0.1, -0.05) is 30.3 Å². The molecular formula is C18H24O6S. The first-order chi connectivity index (χ1) is 11.6.